The zero-order valence-corrected chi connectivity index (χ0v) is 12.5. The van der Waals surface area contributed by atoms with E-state index >= 15 is 0 Å². The van der Waals surface area contributed by atoms with Crippen LogP contribution in [0.3, 0.4) is 0 Å². The Morgan fingerprint density at radius 3 is 2.62 bits per heavy atom. The van der Waals surface area contributed by atoms with Gasteiger partial charge in [-0.05, 0) is 20.8 Å². The van der Waals surface area contributed by atoms with Crippen LogP contribution in [0.5, 0.6) is 0 Å². The molecule has 21 heavy (non-hydrogen) atoms. The summed E-state index contributed by atoms with van der Waals surface area (Å²) in [5.41, 5.74) is 1.14. The van der Waals surface area contributed by atoms with E-state index in [1.54, 1.807) is 6.92 Å². The minimum absolute atomic E-state index is 0.0299. The van der Waals surface area contributed by atoms with Gasteiger partial charge in [-0.2, -0.15) is 10.2 Å². The number of carboxylic acid groups (broad SMARTS) is 1. The van der Waals surface area contributed by atoms with Gasteiger partial charge in [-0.15, -0.1) is 0 Å². The van der Waals surface area contributed by atoms with Crippen LogP contribution >= 0.6 is 0 Å². The lowest BCUT2D eigenvalue weighted by molar-refractivity contribution is -0.137. The highest BCUT2D eigenvalue weighted by molar-refractivity contribution is 7.92. The van der Waals surface area contributed by atoms with E-state index in [2.05, 4.69) is 20.0 Å². The molecule has 0 spiro atoms. The Hall–Kier alpha value is -2.36. The summed E-state index contributed by atoms with van der Waals surface area (Å²) < 4.78 is 28.4. The number of aromatic nitrogens is 4. The van der Waals surface area contributed by atoms with Crippen molar-refractivity contribution in [2.75, 3.05) is 4.72 Å². The summed E-state index contributed by atoms with van der Waals surface area (Å²) in [5, 5.41) is 19.0. The standard InChI is InChI=1S/C11H15N5O4S/c1-6-4-12-13-11(6)15-21(19,20)10-7(2)14-16(8(10)3)5-9(17)18/h4H,5H2,1-3H3,(H,17,18)(H2,12,13,15). The van der Waals surface area contributed by atoms with Crippen molar-refractivity contribution in [3.05, 3.63) is 23.1 Å². The average Bonchev–Trinajstić information content (AvgIpc) is 2.83. The lowest BCUT2D eigenvalue weighted by atomic mass is 10.4. The Bertz CT molecular complexity index is 790. The van der Waals surface area contributed by atoms with Gasteiger partial charge in [-0.1, -0.05) is 0 Å². The highest BCUT2D eigenvalue weighted by Gasteiger charge is 2.26. The van der Waals surface area contributed by atoms with E-state index in [1.807, 2.05) is 0 Å². The highest BCUT2D eigenvalue weighted by atomic mass is 32.2. The molecule has 0 aliphatic carbocycles. The molecule has 0 amide bonds. The van der Waals surface area contributed by atoms with E-state index in [-0.39, 0.29) is 22.1 Å². The van der Waals surface area contributed by atoms with Gasteiger partial charge in [0.05, 0.1) is 17.6 Å². The molecular formula is C11H15N5O4S. The number of aliphatic carboxylic acids is 1. The number of H-pyrrole nitrogens is 1. The number of aromatic amines is 1. The molecule has 9 nitrogen and oxygen atoms in total. The van der Waals surface area contributed by atoms with Gasteiger partial charge in [-0.3, -0.25) is 19.3 Å². The van der Waals surface area contributed by atoms with Gasteiger partial charge >= 0.3 is 5.97 Å². The smallest absolute Gasteiger partial charge is 0.325 e. The third-order valence-corrected chi connectivity index (χ3v) is 4.54. The Morgan fingerprint density at radius 1 is 1.43 bits per heavy atom. The van der Waals surface area contributed by atoms with Gasteiger partial charge in [0.25, 0.3) is 10.0 Å². The maximum atomic E-state index is 12.4. The van der Waals surface area contributed by atoms with Crippen molar-refractivity contribution in [3.63, 3.8) is 0 Å². The first-order chi connectivity index (χ1) is 9.72. The van der Waals surface area contributed by atoms with Crippen molar-refractivity contribution < 1.29 is 18.3 Å². The first-order valence-corrected chi connectivity index (χ1v) is 7.49. The molecule has 2 heterocycles. The van der Waals surface area contributed by atoms with Gasteiger partial charge in [-0.25, -0.2) is 8.42 Å². The molecule has 0 unspecified atom stereocenters. The number of nitrogens with zero attached hydrogens (tertiary/aromatic N) is 3. The molecule has 0 atom stereocenters. The fraction of sp³-hybridized carbons (Fsp3) is 0.364. The lowest BCUT2D eigenvalue weighted by Gasteiger charge is -2.07. The third-order valence-electron chi connectivity index (χ3n) is 2.93. The van der Waals surface area contributed by atoms with Crippen molar-refractivity contribution in [3.8, 4) is 0 Å². The molecule has 10 heteroatoms. The number of hydrogen-bond donors (Lipinski definition) is 3. The van der Waals surface area contributed by atoms with Crippen molar-refractivity contribution >= 4 is 21.8 Å². The van der Waals surface area contributed by atoms with E-state index < -0.39 is 22.5 Å². The van der Waals surface area contributed by atoms with Gasteiger partial charge in [0.15, 0.2) is 0 Å². The largest absolute Gasteiger partial charge is 0.480 e. The van der Waals surface area contributed by atoms with Gasteiger partial charge < -0.3 is 5.11 Å². The molecule has 2 aromatic heterocycles. The summed E-state index contributed by atoms with van der Waals surface area (Å²) in [4.78, 5) is 10.7. The average molecular weight is 313 g/mol. The zero-order chi connectivity index (χ0) is 15.8. The maximum absolute atomic E-state index is 12.4. The minimum atomic E-state index is -3.88. The molecule has 0 aromatic carbocycles. The Kier molecular flexibility index (Phi) is 3.73. The third kappa shape index (κ3) is 2.89. The van der Waals surface area contributed by atoms with Crippen molar-refractivity contribution in [1.29, 1.82) is 0 Å². The number of rotatable bonds is 5. The highest BCUT2D eigenvalue weighted by Crippen LogP contribution is 2.22. The minimum Gasteiger partial charge on any atom is -0.480 e. The Labute approximate surface area is 121 Å². The van der Waals surface area contributed by atoms with Crippen LogP contribution in [-0.4, -0.2) is 39.5 Å². The molecule has 0 saturated heterocycles. The van der Waals surface area contributed by atoms with Crippen LogP contribution in [0.1, 0.15) is 17.0 Å². The van der Waals surface area contributed by atoms with E-state index in [0.29, 0.717) is 5.56 Å². The van der Waals surface area contributed by atoms with Crippen molar-refractivity contribution in [2.24, 2.45) is 0 Å². The van der Waals surface area contributed by atoms with E-state index in [9.17, 15) is 13.2 Å². The normalized spacial score (nSPS) is 11.6. The van der Waals surface area contributed by atoms with Gasteiger partial charge in [0.2, 0.25) is 0 Å². The zero-order valence-electron chi connectivity index (χ0n) is 11.7. The summed E-state index contributed by atoms with van der Waals surface area (Å²) in [7, 11) is -3.88. The lowest BCUT2D eigenvalue weighted by Crippen LogP contribution is -2.16. The molecule has 114 valence electrons. The second-order valence-electron chi connectivity index (χ2n) is 4.58. The fourth-order valence-electron chi connectivity index (χ4n) is 1.99. The molecule has 0 saturated carbocycles. The second kappa shape index (κ2) is 5.20. The first kappa shape index (κ1) is 15.0. The van der Waals surface area contributed by atoms with Crippen LogP contribution in [-0.2, 0) is 21.4 Å². The molecular weight excluding hydrogens is 298 g/mol. The molecule has 0 aliphatic heterocycles. The summed E-state index contributed by atoms with van der Waals surface area (Å²) in [5.74, 6) is -0.832. The monoisotopic (exact) mass is 313 g/mol. The Morgan fingerprint density at radius 2 is 2.10 bits per heavy atom. The number of sulfonamides is 1. The quantitative estimate of drug-likeness (QED) is 0.733. The predicted octanol–water partition coefficient (Wildman–Crippen LogP) is 0.417. The predicted molar refractivity (Wildman–Crippen MR) is 73.5 cm³/mol. The van der Waals surface area contributed by atoms with E-state index in [4.69, 9.17) is 5.11 Å². The van der Waals surface area contributed by atoms with E-state index in [0.717, 1.165) is 4.68 Å². The van der Waals surface area contributed by atoms with Crippen LogP contribution in [0, 0.1) is 20.8 Å². The summed E-state index contributed by atoms with van der Waals surface area (Å²) in [6.45, 7) is 4.33. The summed E-state index contributed by atoms with van der Waals surface area (Å²) >= 11 is 0. The number of anilines is 1. The summed E-state index contributed by atoms with van der Waals surface area (Å²) in [6, 6.07) is 0. The number of nitrogens with one attached hydrogen (secondary N) is 2. The molecule has 2 rings (SSSR count). The van der Waals surface area contributed by atoms with Crippen molar-refractivity contribution in [2.45, 2.75) is 32.2 Å². The van der Waals surface area contributed by atoms with Crippen LogP contribution in [0.25, 0.3) is 0 Å². The number of carbonyl (C=O) groups is 1. The molecule has 2 aromatic rings. The molecule has 0 radical (unpaired) electrons. The van der Waals surface area contributed by atoms with Crippen LogP contribution in [0.4, 0.5) is 5.82 Å². The van der Waals surface area contributed by atoms with Gasteiger partial charge in [0, 0.05) is 5.56 Å². The summed E-state index contributed by atoms with van der Waals surface area (Å²) in [6.07, 6.45) is 1.49. The van der Waals surface area contributed by atoms with E-state index in [1.165, 1.54) is 20.0 Å². The number of carboxylic acids is 1. The molecule has 0 bridgehead atoms. The fourth-order valence-corrected chi connectivity index (χ4v) is 3.49. The van der Waals surface area contributed by atoms with Crippen LogP contribution in [0.2, 0.25) is 0 Å². The molecule has 0 aliphatic rings. The van der Waals surface area contributed by atoms with Gasteiger partial charge in [0.1, 0.15) is 17.3 Å². The SMILES string of the molecule is Cc1cn[nH]c1NS(=O)(=O)c1c(C)nn(CC(=O)O)c1C. The number of aryl methyl sites for hydroxylation is 2. The maximum Gasteiger partial charge on any atom is 0.325 e. The Balaban J connectivity index is 2.43. The topological polar surface area (TPSA) is 130 Å². The molecule has 3 N–H and O–H groups in total. The first-order valence-electron chi connectivity index (χ1n) is 6.01. The van der Waals surface area contributed by atoms with Crippen LogP contribution < -0.4 is 4.72 Å². The number of hydrogen-bond acceptors (Lipinski definition) is 5. The molecule has 0 fully saturated rings. The second-order valence-corrected chi connectivity index (χ2v) is 6.20. The van der Waals surface area contributed by atoms with Crippen LogP contribution in [0.15, 0.2) is 11.1 Å². The van der Waals surface area contributed by atoms with Crippen molar-refractivity contribution in [1.82, 2.24) is 20.0 Å².